The molecule has 0 radical (unpaired) electrons. The molecule has 16 heavy (non-hydrogen) atoms. The summed E-state index contributed by atoms with van der Waals surface area (Å²) in [5.41, 5.74) is 0.711. The lowest BCUT2D eigenvalue weighted by Gasteiger charge is -2.23. The van der Waals surface area contributed by atoms with E-state index in [1.54, 1.807) is 0 Å². The molecule has 0 saturated heterocycles. The van der Waals surface area contributed by atoms with Crippen LogP contribution >= 0.6 is 0 Å². The maximum Gasteiger partial charge on any atom is 0.143 e. The Hall–Kier alpha value is -1.30. The highest BCUT2D eigenvalue weighted by molar-refractivity contribution is 5.23. The fourth-order valence-corrected chi connectivity index (χ4v) is 1.22. The van der Waals surface area contributed by atoms with E-state index < -0.39 is 0 Å². The lowest BCUT2D eigenvalue weighted by atomic mass is 9.96. The third-order valence-electron chi connectivity index (χ3n) is 2.32. The minimum Gasteiger partial charge on any atom is -0.396 e. The summed E-state index contributed by atoms with van der Waals surface area (Å²) in [7, 11) is 0. The highest BCUT2D eigenvalue weighted by Crippen LogP contribution is 2.21. The molecule has 1 aromatic rings. The molecule has 1 N–H and O–H groups in total. The second-order valence-corrected chi connectivity index (χ2v) is 4.59. The van der Waals surface area contributed by atoms with Crippen LogP contribution in [0.1, 0.15) is 25.5 Å². The van der Waals surface area contributed by atoms with Gasteiger partial charge in [-0.2, -0.15) is 0 Å². The summed E-state index contributed by atoms with van der Waals surface area (Å²) in [6.45, 7) is 4.39. The first-order valence-corrected chi connectivity index (χ1v) is 5.32. The van der Waals surface area contributed by atoms with Gasteiger partial charge in [0.1, 0.15) is 6.10 Å². The normalized spacial score (nSPS) is 13.1. The molecule has 86 valence electrons. The van der Waals surface area contributed by atoms with Crippen LogP contribution in [0.2, 0.25) is 0 Å². The smallest absolute Gasteiger partial charge is 0.143 e. The van der Waals surface area contributed by atoms with Crippen molar-refractivity contribution in [2.45, 2.75) is 20.0 Å². The Morgan fingerprint density at radius 3 is 2.50 bits per heavy atom. The van der Waals surface area contributed by atoms with Crippen LogP contribution in [-0.2, 0) is 4.74 Å². The number of aliphatic hydroxyl groups excluding tert-OH is 1. The van der Waals surface area contributed by atoms with E-state index in [1.807, 2.05) is 44.2 Å². The standard InChI is InChI=1S/C14H18O2/c1-4-13(12-8-6-5-7-9-12)16-11-14(2,3)10-15/h1,5-9,13,15H,10-11H2,2-3H3. The zero-order valence-electron chi connectivity index (χ0n) is 9.81. The quantitative estimate of drug-likeness (QED) is 0.769. The van der Waals surface area contributed by atoms with Crippen LogP contribution < -0.4 is 0 Å². The minimum absolute atomic E-state index is 0.0824. The second-order valence-electron chi connectivity index (χ2n) is 4.59. The number of rotatable bonds is 5. The highest BCUT2D eigenvalue weighted by atomic mass is 16.5. The van der Waals surface area contributed by atoms with Crippen LogP contribution in [0.3, 0.4) is 0 Å². The van der Waals surface area contributed by atoms with Crippen molar-refractivity contribution in [3.63, 3.8) is 0 Å². The Kier molecular flexibility index (Phi) is 4.54. The van der Waals surface area contributed by atoms with Gasteiger partial charge in [-0.15, -0.1) is 6.42 Å². The molecule has 0 saturated carbocycles. The molecule has 0 aromatic heterocycles. The fraction of sp³-hybridized carbons (Fsp3) is 0.429. The molecule has 1 aromatic carbocycles. The molecule has 0 aliphatic rings. The monoisotopic (exact) mass is 218 g/mol. The first kappa shape index (κ1) is 12.8. The van der Waals surface area contributed by atoms with Crippen molar-refractivity contribution in [2.24, 2.45) is 5.41 Å². The second kappa shape index (κ2) is 5.69. The van der Waals surface area contributed by atoms with E-state index in [9.17, 15) is 0 Å². The third kappa shape index (κ3) is 3.69. The van der Waals surface area contributed by atoms with Gasteiger partial charge in [-0.1, -0.05) is 50.1 Å². The molecule has 0 spiro atoms. The number of hydrogen-bond donors (Lipinski definition) is 1. The zero-order chi connectivity index (χ0) is 12.0. The summed E-state index contributed by atoms with van der Waals surface area (Å²) in [6, 6.07) is 9.68. The van der Waals surface area contributed by atoms with E-state index in [0.717, 1.165) is 5.56 Å². The van der Waals surface area contributed by atoms with E-state index in [1.165, 1.54) is 0 Å². The maximum absolute atomic E-state index is 9.12. The van der Waals surface area contributed by atoms with Crippen molar-refractivity contribution in [2.75, 3.05) is 13.2 Å². The molecular formula is C14H18O2. The molecule has 0 aliphatic carbocycles. The molecule has 1 rings (SSSR count). The van der Waals surface area contributed by atoms with Gasteiger partial charge in [0.05, 0.1) is 13.2 Å². The average molecular weight is 218 g/mol. The van der Waals surface area contributed by atoms with Crippen LogP contribution in [0.4, 0.5) is 0 Å². The van der Waals surface area contributed by atoms with Crippen LogP contribution in [-0.4, -0.2) is 18.3 Å². The first-order chi connectivity index (χ1) is 7.59. The van der Waals surface area contributed by atoms with E-state index in [-0.39, 0.29) is 18.1 Å². The van der Waals surface area contributed by atoms with Crippen molar-refractivity contribution >= 4 is 0 Å². The van der Waals surface area contributed by atoms with E-state index in [0.29, 0.717) is 6.61 Å². The van der Waals surface area contributed by atoms with Crippen LogP contribution in [0.15, 0.2) is 30.3 Å². The minimum atomic E-state index is -0.341. The van der Waals surface area contributed by atoms with Crippen molar-refractivity contribution in [1.82, 2.24) is 0 Å². The SMILES string of the molecule is C#CC(OCC(C)(C)CO)c1ccccc1. The molecule has 1 unspecified atom stereocenters. The van der Waals surface area contributed by atoms with Gasteiger partial charge in [-0.3, -0.25) is 0 Å². The Bertz CT molecular complexity index is 349. The fourth-order valence-electron chi connectivity index (χ4n) is 1.22. The average Bonchev–Trinajstić information content (AvgIpc) is 2.31. The molecule has 0 aliphatic heterocycles. The molecule has 0 amide bonds. The lowest BCUT2D eigenvalue weighted by molar-refractivity contribution is 0.00412. The topological polar surface area (TPSA) is 29.5 Å². The van der Waals surface area contributed by atoms with Crippen LogP contribution in [0, 0.1) is 17.8 Å². The van der Waals surface area contributed by atoms with Gasteiger partial charge in [0, 0.05) is 5.41 Å². The largest absolute Gasteiger partial charge is 0.396 e. The molecule has 2 heteroatoms. The third-order valence-corrected chi connectivity index (χ3v) is 2.32. The van der Waals surface area contributed by atoms with E-state index >= 15 is 0 Å². The predicted molar refractivity (Wildman–Crippen MR) is 64.8 cm³/mol. The zero-order valence-corrected chi connectivity index (χ0v) is 9.81. The summed E-state index contributed by atoms with van der Waals surface area (Å²) in [4.78, 5) is 0. The summed E-state index contributed by atoms with van der Waals surface area (Å²) in [5.74, 6) is 2.61. The van der Waals surface area contributed by atoms with Crippen LogP contribution in [0.25, 0.3) is 0 Å². The van der Waals surface area contributed by atoms with Gasteiger partial charge in [-0.25, -0.2) is 0 Å². The van der Waals surface area contributed by atoms with Gasteiger partial charge in [-0.05, 0) is 5.56 Å². The van der Waals surface area contributed by atoms with Gasteiger partial charge in [0.25, 0.3) is 0 Å². The van der Waals surface area contributed by atoms with Gasteiger partial charge in [0.15, 0.2) is 0 Å². The van der Waals surface area contributed by atoms with E-state index in [4.69, 9.17) is 16.3 Å². The number of benzene rings is 1. The number of hydrogen-bond acceptors (Lipinski definition) is 2. The number of ether oxygens (including phenoxy) is 1. The molecule has 0 fully saturated rings. The Morgan fingerprint density at radius 2 is 2.00 bits per heavy atom. The highest BCUT2D eigenvalue weighted by Gasteiger charge is 2.19. The molecular weight excluding hydrogens is 200 g/mol. The van der Waals surface area contributed by atoms with Gasteiger partial charge < -0.3 is 9.84 Å². The summed E-state index contributed by atoms with van der Waals surface area (Å²) >= 11 is 0. The molecule has 0 bridgehead atoms. The van der Waals surface area contributed by atoms with Crippen molar-refractivity contribution in [3.05, 3.63) is 35.9 Å². The number of terminal acetylenes is 1. The van der Waals surface area contributed by atoms with Crippen molar-refractivity contribution < 1.29 is 9.84 Å². The molecule has 2 nitrogen and oxygen atoms in total. The number of aliphatic hydroxyl groups is 1. The lowest BCUT2D eigenvalue weighted by Crippen LogP contribution is -2.24. The summed E-state index contributed by atoms with van der Waals surface area (Å²) in [5, 5.41) is 9.12. The summed E-state index contributed by atoms with van der Waals surface area (Å²) in [6.07, 6.45) is 5.10. The van der Waals surface area contributed by atoms with Crippen molar-refractivity contribution in [3.8, 4) is 12.3 Å². The Labute approximate surface area is 97.3 Å². The van der Waals surface area contributed by atoms with E-state index in [2.05, 4.69) is 5.92 Å². The molecule has 0 heterocycles. The van der Waals surface area contributed by atoms with Gasteiger partial charge >= 0.3 is 0 Å². The summed E-state index contributed by atoms with van der Waals surface area (Å²) < 4.78 is 5.64. The maximum atomic E-state index is 9.12. The van der Waals surface area contributed by atoms with Gasteiger partial charge in [0.2, 0.25) is 0 Å². The molecule has 1 atom stereocenters. The predicted octanol–water partition coefficient (Wildman–Crippen LogP) is 2.40. The van der Waals surface area contributed by atoms with Crippen molar-refractivity contribution in [1.29, 1.82) is 0 Å². The van der Waals surface area contributed by atoms with Crippen LogP contribution in [0.5, 0.6) is 0 Å². The first-order valence-electron chi connectivity index (χ1n) is 5.32. The Balaban J connectivity index is 2.62. The Morgan fingerprint density at radius 1 is 1.38 bits per heavy atom.